The Morgan fingerprint density at radius 1 is 1.33 bits per heavy atom. The van der Waals surface area contributed by atoms with Gasteiger partial charge in [0, 0.05) is 31.9 Å². The molecule has 0 atom stereocenters. The zero-order valence-corrected chi connectivity index (χ0v) is 12.4. The molecule has 1 aromatic rings. The van der Waals surface area contributed by atoms with Crippen molar-refractivity contribution in [2.75, 3.05) is 26.0 Å². The molecular formula is C14H19F3N2O2. The first-order valence-corrected chi connectivity index (χ1v) is 6.32. The minimum absolute atomic E-state index is 0.0148. The summed E-state index contributed by atoms with van der Waals surface area (Å²) >= 11 is 0. The molecule has 1 rings (SSSR count). The van der Waals surface area contributed by atoms with Gasteiger partial charge in [-0.3, -0.25) is 4.79 Å². The highest BCUT2D eigenvalue weighted by molar-refractivity contribution is 5.94. The molecule has 0 aliphatic rings. The van der Waals surface area contributed by atoms with Crippen molar-refractivity contribution < 1.29 is 23.1 Å². The number of nitrogens with one attached hydrogen (secondary N) is 1. The van der Waals surface area contributed by atoms with Crippen molar-refractivity contribution in [1.29, 1.82) is 0 Å². The molecule has 0 saturated heterocycles. The second-order valence-electron chi connectivity index (χ2n) is 5.48. The van der Waals surface area contributed by atoms with E-state index in [4.69, 9.17) is 0 Å². The molecule has 4 nitrogen and oxygen atoms in total. The Kier molecular flexibility index (Phi) is 4.88. The molecule has 0 heterocycles. The second kappa shape index (κ2) is 5.93. The Balaban J connectivity index is 3.12. The molecule has 0 spiro atoms. The summed E-state index contributed by atoms with van der Waals surface area (Å²) in [4.78, 5) is 13.3. The Hall–Kier alpha value is -1.76. The van der Waals surface area contributed by atoms with Crippen LogP contribution in [0, 0.1) is 0 Å². The van der Waals surface area contributed by atoms with Gasteiger partial charge in [-0.25, -0.2) is 0 Å². The third kappa shape index (κ3) is 4.63. The van der Waals surface area contributed by atoms with Crippen LogP contribution in [0.15, 0.2) is 18.2 Å². The molecule has 0 aliphatic heterocycles. The van der Waals surface area contributed by atoms with E-state index in [2.05, 4.69) is 5.32 Å². The van der Waals surface area contributed by atoms with Crippen LogP contribution >= 0.6 is 0 Å². The lowest BCUT2D eigenvalue weighted by atomic mass is 10.1. The Labute approximate surface area is 121 Å². The van der Waals surface area contributed by atoms with E-state index in [0.29, 0.717) is 0 Å². The number of nitrogens with zero attached hydrogens (tertiary/aromatic N) is 1. The van der Waals surface area contributed by atoms with Gasteiger partial charge in [-0.1, -0.05) is 0 Å². The number of carbonyl (C=O) groups is 1. The van der Waals surface area contributed by atoms with Gasteiger partial charge < -0.3 is 15.3 Å². The fourth-order valence-corrected chi connectivity index (χ4v) is 2.00. The summed E-state index contributed by atoms with van der Waals surface area (Å²) < 4.78 is 38.8. The van der Waals surface area contributed by atoms with Gasteiger partial charge >= 0.3 is 6.18 Å². The number of amides is 1. The Bertz CT molecular complexity index is 522. The predicted octanol–water partition coefficient (Wildman–Crippen LogP) is 2.59. The molecule has 2 N–H and O–H groups in total. The molecular weight excluding hydrogens is 285 g/mol. The van der Waals surface area contributed by atoms with E-state index in [1.54, 1.807) is 0 Å². The fraction of sp³-hybridized carbons (Fsp3) is 0.500. The Morgan fingerprint density at radius 2 is 1.90 bits per heavy atom. The average molecular weight is 304 g/mol. The number of anilines is 1. The number of benzene rings is 1. The van der Waals surface area contributed by atoms with Crippen molar-refractivity contribution in [1.82, 2.24) is 4.90 Å². The van der Waals surface area contributed by atoms with Gasteiger partial charge in [0.2, 0.25) is 0 Å². The van der Waals surface area contributed by atoms with E-state index in [1.807, 2.05) is 0 Å². The molecule has 0 fully saturated rings. The predicted molar refractivity (Wildman–Crippen MR) is 74.2 cm³/mol. The fourth-order valence-electron chi connectivity index (χ4n) is 2.00. The van der Waals surface area contributed by atoms with Crippen LogP contribution in [0.25, 0.3) is 0 Å². The first kappa shape index (κ1) is 17.3. The first-order chi connectivity index (χ1) is 9.45. The van der Waals surface area contributed by atoms with Gasteiger partial charge in [0.1, 0.15) is 0 Å². The minimum Gasteiger partial charge on any atom is -0.389 e. The van der Waals surface area contributed by atoms with Crippen molar-refractivity contribution in [3.05, 3.63) is 29.3 Å². The number of aliphatic hydroxyl groups is 1. The molecule has 0 saturated carbocycles. The van der Waals surface area contributed by atoms with E-state index in [-0.39, 0.29) is 17.8 Å². The topological polar surface area (TPSA) is 52.6 Å². The van der Waals surface area contributed by atoms with Crippen molar-refractivity contribution in [2.45, 2.75) is 25.6 Å². The second-order valence-corrected chi connectivity index (χ2v) is 5.48. The molecule has 21 heavy (non-hydrogen) atoms. The monoisotopic (exact) mass is 304 g/mol. The lowest BCUT2D eigenvalue weighted by molar-refractivity contribution is -0.137. The van der Waals surface area contributed by atoms with Gasteiger partial charge in [-0.15, -0.1) is 0 Å². The standard InChI is InChI=1S/C14H19F3N2O2/c1-13(2,21)8-19(4)12(20)9-5-6-11(18-3)10(7-9)14(15,16)17/h5-7,18,21H,8H2,1-4H3. The molecule has 0 aromatic heterocycles. The number of likely N-dealkylation sites (N-methyl/N-ethyl adjacent to an activating group) is 1. The van der Waals surface area contributed by atoms with Crippen LogP contribution in [0.2, 0.25) is 0 Å². The summed E-state index contributed by atoms with van der Waals surface area (Å²) in [6.45, 7) is 3.05. The lowest BCUT2D eigenvalue weighted by Crippen LogP contribution is -2.39. The summed E-state index contributed by atoms with van der Waals surface area (Å²) in [6, 6.07) is 3.35. The third-order valence-electron chi connectivity index (χ3n) is 2.81. The largest absolute Gasteiger partial charge is 0.418 e. The van der Waals surface area contributed by atoms with Crippen molar-refractivity contribution >= 4 is 11.6 Å². The maximum atomic E-state index is 12.9. The summed E-state index contributed by atoms with van der Waals surface area (Å²) in [5, 5.41) is 12.1. The van der Waals surface area contributed by atoms with E-state index in [0.717, 1.165) is 6.07 Å². The normalized spacial score (nSPS) is 12.2. The third-order valence-corrected chi connectivity index (χ3v) is 2.81. The van der Waals surface area contributed by atoms with Crippen molar-refractivity contribution in [2.24, 2.45) is 0 Å². The van der Waals surface area contributed by atoms with Gasteiger partial charge in [0.15, 0.2) is 0 Å². The van der Waals surface area contributed by atoms with E-state index in [9.17, 15) is 23.1 Å². The maximum Gasteiger partial charge on any atom is 0.418 e. The smallest absolute Gasteiger partial charge is 0.389 e. The van der Waals surface area contributed by atoms with Crippen LogP contribution in [-0.4, -0.2) is 42.2 Å². The number of carbonyl (C=O) groups excluding carboxylic acids is 1. The van der Waals surface area contributed by atoms with Crippen molar-refractivity contribution in [3.8, 4) is 0 Å². The van der Waals surface area contributed by atoms with Gasteiger partial charge in [0.05, 0.1) is 11.2 Å². The summed E-state index contributed by atoms with van der Waals surface area (Å²) in [5.41, 5.74) is -2.19. The SMILES string of the molecule is CNc1ccc(C(=O)N(C)CC(C)(C)O)cc1C(F)(F)F. The van der Waals surface area contributed by atoms with Crippen LogP contribution in [0.4, 0.5) is 18.9 Å². The van der Waals surface area contributed by atoms with Gasteiger partial charge in [-0.2, -0.15) is 13.2 Å². The zero-order chi connectivity index (χ0) is 16.4. The molecule has 118 valence electrons. The Morgan fingerprint density at radius 3 is 2.33 bits per heavy atom. The van der Waals surface area contributed by atoms with Gasteiger partial charge in [0.25, 0.3) is 5.91 Å². The molecule has 0 radical (unpaired) electrons. The van der Waals surface area contributed by atoms with Crippen LogP contribution in [0.1, 0.15) is 29.8 Å². The zero-order valence-electron chi connectivity index (χ0n) is 12.4. The summed E-state index contributed by atoms with van der Waals surface area (Å²) in [7, 11) is 2.81. The van der Waals surface area contributed by atoms with Crippen LogP contribution in [0.5, 0.6) is 0 Å². The van der Waals surface area contributed by atoms with E-state index in [1.165, 1.54) is 45.0 Å². The average Bonchev–Trinajstić information content (AvgIpc) is 2.34. The van der Waals surface area contributed by atoms with Gasteiger partial charge in [-0.05, 0) is 32.0 Å². The molecule has 1 aromatic carbocycles. The number of halogens is 3. The number of rotatable bonds is 4. The molecule has 7 heteroatoms. The molecule has 0 unspecified atom stereocenters. The maximum absolute atomic E-state index is 12.9. The highest BCUT2D eigenvalue weighted by Gasteiger charge is 2.34. The highest BCUT2D eigenvalue weighted by Crippen LogP contribution is 2.35. The number of hydrogen-bond donors (Lipinski definition) is 2. The van der Waals surface area contributed by atoms with E-state index >= 15 is 0 Å². The number of alkyl halides is 3. The lowest BCUT2D eigenvalue weighted by Gasteiger charge is -2.26. The summed E-state index contributed by atoms with van der Waals surface area (Å²) in [5.74, 6) is -0.578. The van der Waals surface area contributed by atoms with E-state index < -0.39 is 23.2 Å². The molecule has 0 bridgehead atoms. The van der Waals surface area contributed by atoms with Crippen LogP contribution in [-0.2, 0) is 6.18 Å². The molecule has 1 amide bonds. The number of hydrogen-bond acceptors (Lipinski definition) is 3. The quantitative estimate of drug-likeness (QED) is 0.899. The highest BCUT2D eigenvalue weighted by atomic mass is 19.4. The first-order valence-electron chi connectivity index (χ1n) is 6.32. The van der Waals surface area contributed by atoms with Crippen LogP contribution in [0.3, 0.4) is 0 Å². The summed E-state index contributed by atoms with van der Waals surface area (Å²) in [6.07, 6.45) is -4.55. The minimum atomic E-state index is -4.55. The van der Waals surface area contributed by atoms with Crippen molar-refractivity contribution in [3.63, 3.8) is 0 Å². The van der Waals surface area contributed by atoms with Crippen LogP contribution < -0.4 is 5.32 Å². The molecule has 0 aliphatic carbocycles.